The van der Waals surface area contributed by atoms with Crippen molar-refractivity contribution in [2.45, 2.75) is 31.7 Å². The zero-order valence-corrected chi connectivity index (χ0v) is 19.3. The average molecular weight is 467 g/mol. The summed E-state index contributed by atoms with van der Waals surface area (Å²) >= 11 is 0. The number of aliphatic hydroxyl groups excluding tert-OH is 1. The van der Waals surface area contributed by atoms with Crippen LogP contribution in [0.4, 0.5) is 5.69 Å². The van der Waals surface area contributed by atoms with Crippen molar-refractivity contribution in [3.63, 3.8) is 0 Å². The first-order valence-electron chi connectivity index (χ1n) is 11.8. The van der Waals surface area contributed by atoms with Crippen LogP contribution in [0.15, 0.2) is 72.2 Å². The van der Waals surface area contributed by atoms with Gasteiger partial charge < -0.3 is 25.0 Å². The summed E-state index contributed by atoms with van der Waals surface area (Å²) in [4.78, 5) is 28.1. The van der Waals surface area contributed by atoms with Crippen LogP contribution in [0.1, 0.15) is 29.0 Å². The first-order chi connectivity index (χ1) is 17.1. The molecule has 0 bridgehead atoms. The number of nitrogens with one attached hydrogen (secondary N) is 3. The van der Waals surface area contributed by atoms with Crippen LogP contribution in [0.3, 0.4) is 0 Å². The SMILES string of the molecule is Cc1cc(-n2ccnc2)cc2[nH]c(-c3c(NC(CO)C4CCc5ccccc54)cc[nH]c3=O)nc12. The topological polar surface area (TPSA) is 112 Å². The van der Waals surface area contributed by atoms with E-state index in [2.05, 4.69) is 38.5 Å². The molecular weight excluding hydrogens is 440 g/mol. The Balaban J connectivity index is 1.40. The van der Waals surface area contributed by atoms with E-state index in [1.165, 1.54) is 11.1 Å². The number of pyridine rings is 1. The van der Waals surface area contributed by atoms with Gasteiger partial charge >= 0.3 is 0 Å². The van der Waals surface area contributed by atoms with Crippen molar-refractivity contribution in [2.75, 3.05) is 11.9 Å². The van der Waals surface area contributed by atoms with E-state index < -0.39 is 0 Å². The quantitative estimate of drug-likeness (QED) is 0.303. The van der Waals surface area contributed by atoms with Gasteiger partial charge in [-0.2, -0.15) is 0 Å². The summed E-state index contributed by atoms with van der Waals surface area (Å²) in [5.74, 6) is 0.651. The lowest BCUT2D eigenvalue weighted by Crippen LogP contribution is -2.31. The average Bonchev–Trinajstić information content (AvgIpc) is 3.62. The van der Waals surface area contributed by atoms with Crippen molar-refractivity contribution < 1.29 is 5.11 Å². The molecule has 2 atom stereocenters. The molecule has 2 unspecified atom stereocenters. The molecule has 2 aromatic carbocycles. The minimum Gasteiger partial charge on any atom is -0.394 e. The normalized spacial score (nSPS) is 15.9. The van der Waals surface area contributed by atoms with Gasteiger partial charge in [-0.3, -0.25) is 4.79 Å². The summed E-state index contributed by atoms with van der Waals surface area (Å²) < 4.78 is 1.93. The lowest BCUT2D eigenvalue weighted by atomic mass is 9.93. The number of aliphatic hydroxyl groups is 1. The minimum absolute atomic E-state index is 0.0429. The molecule has 8 nitrogen and oxygen atoms in total. The number of H-pyrrole nitrogens is 2. The van der Waals surface area contributed by atoms with Gasteiger partial charge in [0.1, 0.15) is 11.4 Å². The van der Waals surface area contributed by atoms with Crippen LogP contribution >= 0.6 is 0 Å². The molecule has 1 aliphatic carbocycles. The molecule has 0 radical (unpaired) electrons. The fraction of sp³-hybridized carbons (Fsp3) is 0.222. The zero-order chi connectivity index (χ0) is 23.9. The number of aromatic amines is 2. The molecule has 5 aromatic rings. The Hall–Kier alpha value is -4.17. The number of anilines is 1. The summed E-state index contributed by atoms with van der Waals surface area (Å²) in [6.07, 6.45) is 8.94. The molecule has 6 rings (SSSR count). The number of imidazole rings is 2. The number of aromatic nitrogens is 5. The molecule has 1 aliphatic rings. The van der Waals surface area contributed by atoms with Gasteiger partial charge in [0.05, 0.1) is 35.7 Å². The molecule has 0 aliphatic heterocycles. The maximum atomic E-state index is 13.0. The maximum absolute atomic E-state index is 13.0. The van der Waals surface area contributed by atoms with Gasteiger partial charge in [0.25, 0.3) is 5.56 Å². The van der Waals surface area contributed by atoms with Crippen LogP contribution in [-0.2, 0) is 6.42 Å². The van der Waals surface area contributed by atoms with Crippen molar-refractivity contribution in [2.24, 2.45) is 0 Å². The van der Waals surface area contributed by atoms with Gasteiger partial charge in [-0.25, -0.2) is 9.97 Å². The number of nitrogens with zero attached hydrogens (tertiary/aromatic N) is 3. The first-order valence-corrected chi connectivity index (χ1v) is 11.8. The van der Waals surface area contributed by atoms with Gasteiger partial charge in [-0.15, -0.1) is 0 Å². The van der Waals surface area contributed by atoms with E-state index in [0.29, 0.717) is 17.1 Å². The molecule has 0 saturated carbocycles. The van der Waals surface area contributed by atoms with E-state index in [9.17, 15) is 9.90 Å². The van der Waals surface area contributed by atoms with E-state index in [4.69, 9.17) is 4.98 Å². The number of benzene rings is 2. The van der Waals surface area contributed by atoms with Crippen LogP contribution in [0, 0.1) is 6.92 Å². The smallest absolute Gasteiger partial charge is 0.261 e. The highest BCUT2D eigenvalue weighted by molar-refractivity contribution is 5.86. The molecule has 0 amide bonds. The van der Waals surface area contributed by atoms with Crippen LogP contribution in [0.2, 0.25) is 0 Å². The molecule has 176 valence electrons. The Morgan fingerprint density at radius 2 is 2.14 bits per heavy atom. The zero-order valence-electron chi connectivity index (χ0n) is 19.3. The third-order valence-electron chi connectivity index (χ3n) is 6.96. The van der Waals surface area contributed by atoms with E-state index in [1.54, 1.807) is 18.7 Å². The molecule has 8 heteroatoms. The summed E-state index contributed by atoms with van der Waals surface area (Å²) in [6, 6.07) is 14.0. The molecule has 0 spiro atoms. The van der Waals surface area contributed by atoms with Gasteiger partial charge in [-0.05, 0) is 54.7 Å². The number of fused-ring (bicyclic) bond motifs is 2. The van der Waals surface area contributed by atoms with Crippen molar-refractivity contribution in [3.8, 4) is 17.1 Å². The number of hydrogen-bond acceptors (Lipinski definition) is 5. The van der Waals surface area contributed by atoms with Crippen molar-refractivity contribution in [1.82, 2.24) is 24.5 Å². The summed E-state index contributed by atoms with van der Waals surface area (Å²) in [6.45, 7) is 1.96. The maximum Gasteiger partial charge on any atom is 0.261 e. The van der Waals surface area contributed by atoms with Crippen LogP contribution in [0.25, 0.3) is 28.1 Å². The Bertz CT molecular complexity index is 1570. The molecular formula is C27H26N6O2. The highest BCUT2D eigenvalue weighted by Crippen LogP contribution is 2.37. The van der Waals surface area contributed by atoms with Gasteiger partial charge in [0, 0.05) is 30.2 Å². The second-order valence-electron chi connectivity index (χ2n) is 9.09. The molecule has 0 saturated heterocycles. The second-order valence-corrected chi connectivity index (χ2v) is 9.09. The first kappa shape index (κ1) is 21.4. The number of aryl methyl sites for hydroxylation is 2. The largest absolute Gasteiger partial charge is 0.394 e. The molecule has 3 heterocycles. The Kier molecular flexibility index (Phi) is 5.22. The van der Waals surface area contributed by atoms with E-state index in [1.807, 2.05) is 42.0 Å². The van der Waals surface area contributed by atoms with E-state index in [-0.39, 0.29) is 24.1 Å². The predicted octanol–water partition coefficient (Wildman–Crippen LogP) is 3.92. The third kappa shape index (κ3) is 3.72. The molecule has 35 heavy (non-hydrogen) atoms. The monoisotopic (exact) mass is 466 g/mol. The highest BCUT2D eigenvalue weighted by Gasteiger charge is 2.30. The van der Waals surface area contributed by atoms with Crippen molar-refractivity contribution in [3.05, 3.63) is 94.4 Å². The van der Waals surface area contributed by atoms with Crippen molar-refractivity contribution in [1.29, 1.82) is 0 Å². The van der Waals surface area contributed by atoms with Crippen LogP contribution in [0.5, 0.6) is 0 Å². The third-order valence-corrected chi connectivity index (χ3v) is 6.96. The minimum atomic E-state index is -0.245. The summed E-state index contributed by atoms with van der Waals surface area (Å²) in [7, 11) is 0. The lowest BCUT2D eigenvalue weighted by Gasteiger charge is -2.25. The van der Waals surface area contributed by atoms with Gasteiger partial charge in [0.2, 0.25) is 0 Å². The lowest BCUT2D eigenvalue weighted by molar-refractivity contribution is 0.258. The molecule has 4 N–H and O–H groups in total. The standard InChI is InChI=1S/C27H26N6O2/c1-16-12-18(33-11-10-28-15-33)13-22-25(16)32-26(31-22)24-21(8-9-29-27(24)35)30-23(14-34)20-7-6-17-4-2-3-5-19(17)20/h2-5,8-13,15,20,23,34H,6-7,14H2,1H3,(H,31,32)(H2,29,30,35). The van der Waals surface area contributed by atoms with Crippen molar-refractivity contribution >= 4 is 16.7 Å². The summed E-state index contributed by atoms with van der Waals surface area (Å²) in [5.41, 5.74) is 7.01. The van der Waals surface area contributed by atoms with E-state index >= 15 is 0 Å². The van der Waals surface area contributed by atoms with Crippen LogP contribution in [-0.4, -0.2) is 42.3 Å². The number of hydrogen-bond donors (Lipinski definition) is 4. The molecule has 3 aromatic heterocycles. The van der Waals surface area contributed by atoms with Gasteiger partial charge in [0.15, 0.2) is 0 Å². The fourth-order valence-corrected chi connectivity index (χ4v) is 5.27. The second kappa shape index (κ2) is 8.56. The fourth-order valence-electron chi connectivity index (χ4n) is 5.27. The van der Waals surface area contributed by atoms with E-state index in [0.717, 1.165) is 35.1 Å². The summed E-state index contributed by atoms with van der Waals surface area (Å²) in [5, 5.41) is 13.8. The Morgan fingerprint density at radius 3 is 2.97 bits per heavy atom. The Labute approximate surface area is 201 Å². The van der Waals surface area contributed by atoms with Gasteiger partial charge in [-0.1, -0.05) is 24.3 Å². The predicted molar refractivity (Wildman–Crippen MR) is 136 cm³/mol. The highest BCUT2D eigenvalue weighted by atomic mass is 16.3. The Morgan fingerprint density at radius 1 is 1.26 bits per heavy atom. The van der Waals surface area contributed by atoms with Crippen LogP contribution < -0.4 is 10.9 Å². The molecule has 0 fully saturated rings. The number of rotatable bonds is 6.